The molecule has 21 heavy (non-hydrogen) atoms. The van der Waals surface area contributed by atoms with Crippen LogP contribution in [0.1, 0.15) is 30.9 Å². The first-order chi connectivity index (χ1) is 10.0. The maximum atomic E-state index is 12.9. The van der Waals surface area contributed by atoms with Crippen molar-refractivity contribution in [1.29, 1.82) is 0 Å². The maximum Gasteiger partial charge on any atom is 0.123 e. The second kappa shape index (κ2) is 7.87. The van der Waals surface area contributed by atoms with Gasteiger partial charge in [0, 0.05) is 13.1 Å². The minimum Gasteiger partial charge on any atom is -0.388 e. The standard InChI is InChI=1S/C17H27FN2O/c1-19-10-7-14(8-11-19)13-20(2)12-9-17(21)15-3-5-16(18)6-4-15/h3-6,14,17,21H,7-13H2,1-2H3. The molecule has 0 saturated carbocycles. The summed E-state index contributed by atoms with van der Waals surface area (Å²) in [5.74, 6) is 0.513. The molecule has 1 heterocycles. The van der Waals surface area contributed by atoms with Crippen LogP contribution in [-0.4, -0.2) is 55.2 Å². The Morgan fingerprint density at radius 1 is 1.29 bits per heavy atom. The molecule has 0 radical (unpaired) electrons. The van der Waals surface area contributed by atoms with Crippen molar-refractivity contribution in [1.82, 2.24) is 9.80 Å². The summed E-state index contributed by atoms with van der Waals surface area (Å²) >= 11 is 0. The lowest BCUT2D eigenvalue weighted by atomic mass is 9.96. The Labute approximate surface area is 127 Å². The van der Waals surface area contributed by atoms with Gasteiger partial charge in [-0.15, -0.1) is 0 Å². The van der Waals surface area contributed by atoms with Crippen LogP contribution in [0.25, 0.3) is 0 Å². The maximum absolute atomic E-state index is 12.9. The molecule has 1 aromatic carbocycles. The van der Waals surface area contributed by atoms with Crippen molar-refractivity contribution in [2.75, 3.05) is 40.3 Å². The Kier molecular flexibility index (Phi) is 6.15. The highest BCUT2D eigenvalue weighted by atomic mass is 19.1. The van der Waals surface area contributed by atoms with E-state index in [1.54, 1.807) is 12.1 Å². The second-order valence-electron chi connectivity index (χ2n) is 6.36. The van der Waals surface area contributed by atoms with Crippen LogP contribution in [0.3, 0.4) is 0 Å². The lowest BCUT2D eigenvalue weighted by Crippen LogP contribution is -2.36. The molecule has 3 nitrogen and oxygen atoms in total. The van der Waals surface area contributed by atoms with Crippen molar-refractivity contribution in [3.05, 3.63) is 35.6 Å². The molecule has 1 saturated heterocycles. The van der Waals surface area contributed by atoms with E-state index in [0.717, 1.165) is 24.6 Å². The summed E-state index contributed by atoms with van der Waals surface area (Å²) in [5.41, 5.74) is 0.795. The number of likely N-dealkylation sites (tertiary alicyclic amines) is 1. The van der Waals surface area contributed by atoms with Crippen LogP contribution in [0.4, 0.5) is 4.39 Å². The number of aliphatic hydroxyl groups is 1. The van der Waals surface area contributed by atoms with Gasteiger partial charge < -0.3 is 14.9 Å². The van der Waals surface area contributed by atoms with Crippen LogP contribution >= 0.6 is 0 Å². The van der Waals surface area contributed by atoms with Gasteiger partial charge in [0.05, 0.1) is 6.10 Å². The zero-order valence-electron chi connectivity index (χ0n) is 13.1. The summed E-state index contributed by atoms with van der Waals surface area (Å²) < 4.78 is 12.9. The van der Waals surface area contributed by atoms with Crippen molar-refractivity contribution >= 4 is 0 Å². The molecular weight excluding hydrogens is 267 g/mol. The van der Waals surface area contributed by atoms with Gasteiger partial charge in [0.1, 0.15) is 5.82 Å². The number of nitrogens with zero attached hydrogens (tertiary/aromatic N) is 2. The molecular formula is C17H27FN2O. The van der Waals surface area contributed by atoms with Crippen molar-refractivity contribution in [2.24, 2.45) is 5.92 Å². The quantitative estimate of drug-likeness (QED) is 0.873. The fourth-order valence-corrected chi connectivity index (χ4v) is 2.97. The van der Waals surface area contributed by atoms with Gasteiger partial charge in [0.25, 0.3) is 0 Å². The molecule has 118 valence electrons. The molecule has 1 unspecified atom stereocenters. The number of hydrogen-bond donors (Lipinski definition) is 1. The Bertz CT molecular complexity index is 415. The van der Waals surface area contributed by atoms with E-state index in [1.165, 1.54) is 38.1 Å². The van der Waals surface area contributed by atoms with Gasteiger partial charge in [-0.05, 0) is 70.1 Å². The Morgan fingerprint density at radius 2 is 1.90 bits per heavy atom. The summed E-state index contributed by atoms with van der Waals surface area (Å²) in [6.07, 6.45) is 2.71. The number of aliphatic hydroxyl groups excluding tert-OH is 1. The highest BCUT2D eigenvalue weighted by Crippen LogP contribution is 2.19. The normalized spacial score (nSPS) is 19.1. The van der Waals surface area contributed by atoms with E-state index in [-0.39, 0.29) is 5.82 Å². The highest BCUT2D eigenvalue weighted by Gasteiger charge is 2.18. The van der Waals surface area contributed by atoms with Crippen LogP contribution in [0, 0.1) is 11.7 Å². The van der Waals surface area contributed by atoms with Crippen LogP contribution in [0.15, 0.2) is 24.3 Å². The highest BCUT2D eigenvalue weighted by molar-refractivity contribution is 5.18. The second-order valence-corrected chi connectivity index (χ2v) is 6.36. The average molecular weight is 294 g/mol. The van der Waals surface area contributed by atoms with Crippen LogP contribution in [0.5, 0.6) is 0 Å². The van der Waals surface area contributed by atoms with Gasteiger partial charge in [-0.25, -0.2) is 4.39 Å². The number of benzene rings is 1. The van der Waals surface area contributed by atoms with Gasteiger partial charge in [0.15, 0.2) is 0 Å². The van der Waals surface area contributed by atoms with Gasteiger partial charge in [-0.1, -0.05) is 12.1 Å². The molecule has 1 N–H and O–H groups in total. The van der Waals surface area contributed by atoms with Gasteiger partial charge in [-0.2, -0.15) is 0 Å². The van der Waals surface area contributed by atoms with Crippen molar-refractivity contribution in [3.8, 4) is 0 Å². The average Bonchev–Trinajstić information content (AvgIpc) is 2.48. The molecule has 1 fully saturated rings. The molecule has 2 rings (SSSR count). The summed E-state index contributed by atoms with van der Waals surface area (Å²) in [6.45, 7) is 4.35. The molecule has 1 aliphatic heterocycles. The van der Waals surface area contributed by atoms with Gasteiger partial charge in [-0.3, -0.25) is 0 Å². The third-order valence-corrected chi connectivity index (χ3v) is 4.45. The van der Waals surface area contributed by atoms with Crippen LogP contribution in [0.2, 0.25) is 0 Å². The van der Waals surface area contributed by atoms with E-state index in [9.17, 15) is 9.50 Å². The van der Waals surface area contributed by atoms with E-state index in [1.807, 2.05) is 0 Å². The fourth-order valence-electron chi connectivity index (χ4n) is 2.97. The van der Waals surface area contributed by atoms with Gasteiger partial charge in [0.2, 0.25) is 0 Å². The Hall–Kier alpha value is -0.970. The predicted octanol–water partition coefficient (Wildman–Crippen LogP) is 2.52. The molecule has 0 amide bonds. The van der Waals surface area contributed by atoms with E-state index < -0.39 is 6.10 Å². The Morgan fingerprint density at radius 3 is 2.52 bits per heavy atom. The minimum atomic E-state index is -0.509. The molecule has 0 aromatic heterocycles. The minimum absolute atomic E-state index is 0.259. The van der Waals surface area contributed by atoms with Crippen molar-refractivity contribution in [2.45, 2.75) is 25.4 Å². The van der Waals surface area contributed by atoms with Crippen molar-refractivity contribution < 1.29 is 9.50 Å². The zero-order chi connectivity index (χ0) is 15.2. The molecule has 1 aliphatic rings. The summed E-state index contributed by atoms with van der Waals surface area (Å²) in [6, 6.07) is 6.13. The molecule has 0 aliphatic carbocycles. The smallest absolute Gasteiger partial charge is 0.123 e. The lowest BCUT2D eigenvalue weighted by molar-refractivity contribution is 0.133. The van der Waals surface area contributed by atoms with Crippen molar-refractivity contribution in [3.63, 3.8) is 0 Å². The number of piperidine rings is 1. The molecule has 0 spiro atoms. The van der Waals surface area contributed by atoms with Crippen LogP contribution < -0.4 is 0 Å². The summed E-state index contributed by atoms with van der Waals surface area (Å²) in [4.78, 5) is 4.69. The molecule has 0 bridgehead atoms. The number of halogens is 1. The summed E-state index contributed by atoms with van der Waals surface area (Å²) in [5, 5.41) is 10.1. The number of rotatable bonds is 6. The fraction of sp³-hybridized carbons (Fsp3) is 0.647. The predicted molar refractivity (Wildman–Crippen MR) is 83.7 cm³/mol. The third-order valence-electron chi connectivity index (χ3n) is 4.45. The first-order valence-corrected chi connectivity index (χ1v) is 7.85. The molecule has 4 heteroatoms. The Balaban J connectivity index is 1.70. The van der Waals surface area contributed by atoms with Crippen LogP contribution in [-0.2, 0) is 0 Å². The van der Waals surface area contributed by atoms with Gasteiger partial charge >= 0.3 is 0 Å². The molecule has 1 atom stereocenters. The largest absolute Gasteiger partial charge is 0.388 e. The van der Waals surface area contributed by atoms with E-state index in [2.05, 4.69) is 23.9 Å². The first kappa shape index (κ1) is 16.4. The topological polar surface area (TPSA) is 26.7 Å². The summed E-state index contributed by atoms with van der Waals surface area (Å²) in [7, 11) is 4.30. The van der Waals surface area contributed by atoms with E-state index in [0.29, 0.717) is 6.42 Å². The SMILES string of the molecule is CN1CCC(CN(C)CCC(O)c2ccc(F)cc2)CC1. The monoisotopic (exact) mass is 294 g/mol. The third kappa shape index (κ3) is 5.38. The van der Waals surface area contributed by atoms with E-state index >= 15 is 0 Å². The zero-order valence-corrected chi connectivity index (χ0v) is 13.1. The first-order valence-electron chi connectivity index (χ1n) is 7.85. The molecule has 1 aromatic rings. The number of hydrogen-bond acceptors (Lipinski definition) is 3. The lowest BCUT2D eigenvalue weighted by Gasteiger charge is -2.31. The van der Waals surface area contributed by atoms with E-state index in [4.69, 9.17) is 0 Å².